The van der Waals surface area contributed by atoms with Crippen LogP contribution in [0.5, 0.6) is 0 Å². The molecule has 19 heteroatoms. The molecule has 15 nitrogen and oxygen atoms in total. The standard InChI is InChI=1S/C36H36N6O9S4/c1-16(2)35-31(48)42-28-33(20-12-8-10-14-22(20)38-28)26(36(42,30(47)40(35)6)53-55-54-52-35)51-34-25(50-18(4)44)32(33)19-11-7-9-13-21(19)37-27(32)41(34)24(45)23(15-49-17(3)43)39(5)29(34)46/h7-14,16,23,25-28,37-38H,15H2,1-6H3/t23-,25+,26+,27+,28-,32+,33-,34+,35+,36+/m1/s1. The van der Waals surface area contributed by atoms with E-state index in [1.165, 1.54) is 76.8 Å². The van der Waals surface area contributed by atoms with Gasteiger partial charge in [0.1, 0.15) is 31.1 Å². The normalized spacial score (nSPS) is 39.9. The number of piperazine rings is 2. The Bertz CT molecular complexity index is 2180. The van der Waals surface area contributed by atoms with Gasteiger partial charge in [-0.3, -0.25) is 38.6 Å². The molecule has 4 amide bonds. The van der Waals surface area contributed by atoms with Crippen molar-refractivity contribution in [1.29, 1.82) is 0 Å². The smallest absolute Gasteiger partial charge is 0.303 e. The molecule has 2 aromatic carbocycles. The highest BCUT2D eigenvalue weighted by Gasteiger charge is 2.96. The molecule has 2 aromatic rings. The fraction of sp³-hybridized carbons (Fsp3) is 0.500. The number of amides is 4. The maximum Gasteiger partial charge on any atom is 0.303 e. The Morgan fingerprint density at radius 2 is 1.42 bits per heavy atom. The van der Waals surface area contributed by atoms with Gasteiger partial charge in [0.15, 0.2) is 11.0 Å². The second-order valence-electron chi connectivity index (χ2n) is 15.4. The van der Waals surface area contributed by atoms with Crippen LogP contribution >= 0.6 is 41.2 Å². The predicted octanol–water partition coefficient (Wildman–Crippen LogP) is 2.69. The minimum atomic E-state index is -2.33. The van der Waals surface area contributed by atoms with Crippen molar-refractivity contribution in [3.63, 3.8) is 0 Å². The maximum absolute atomic E-state index is 15.7. The molecule has 55 heavy (non-hydrogen) atoms. The molecule has 7 fully saturated rings. The number of hydrogen-bond acceptors (Lipinski definition) is 15. The first-order valence-corrected chi connectivity index (χ1v) is 22.7. The summed E-state index contributed by atoms with van der Waals surface area (Å²) in [6.07, 6.45) is -4.93. The third-order valence-corrected chi connectivity index (χ3v) is 20.6. The molecule has 4 spiro atoms. The number of ether oxygens (including phenoxy) is 3. The average Bonchev–Trinajstić information content (AvgIpc) is 3.77. The second kappa shape index (κ2) is 11.2. The summed E-state index contributed by atoms with van der Waals surface area (Å²) in [6.45, 7) is 5.87. The van der Waals surface area contributed by atoms with E-state index in [0.717, 1.165) is 0 Å². The Balaban J connectivity index is 1.35. The predicted molar refractivity (Wildman–Crippen MR) is 205 cm³/mol. The van der Waals surface area contributed by atoms with E-state index in [9.17, 15) is 9.59 Å². The van der Waals surface area contributed by atoms with E-state index in [-0.39, 0.29) is 17.7 Å². The fourth-order valence-corrected chi connectivity index (χ4v) is 19.3. The third-order valence-electron chi connectivity index (χ3n) is 13.1. The number of rotatable bonds is 4. The van der Waals surface area contributed by atoms with Crippen LogP contribution in [0.1, 0.15) is 38.8 Å². The number of carbonyl (C=O) groups is 6. The molecule has 7 saturated heterocycles. The van der Waals surface area contributed by atoms with Crippen molar-refractivity contribution in [2.75, 3.05) is 31.3 Å². The van der Waals surface area contributed by atoms with Crippen molar-refractivity contribution in [3.8, 4) is 0 Å². The SMILES string of the molecule is CC(=O)OC[C@@H]1C(=O)N2[C@@H]3Nc4ccccc4[C@]34[C@H](OC(C)=O)[C@]2(O[C@H]2[C@@]43c4ccccc4N[C@@H]3N3C(=O)[C@]4(C(C)C)SSSS[C@]23C(=O)N4C)C(=O)N1C. The second-order valence-corrected chi connectivity index (χ2v) is 21.6. The number of anilines is 2. The van der Waals surface area contributed by atoms with E-state index in [0.29, 0.717) is 22.5 Å². The maximum atomic E-state index is 15.7. The van der Waals surface area contributed by atoms with Crippen molar-refractivity contribution in [2.24, 2.45) is 5.92 Å². The van der Waals surface area contributed by atoms with E-state index < -0.39 is 87.2 Å². The molecule has 9 heterocycles. The van der Waals surface area contributed by atoms with Crippen LogP contribution in [0.15, 0.2) is 48.5 Å². The lowest BCUT2D eigenvalue weighted by Crippen LogP contribution is -2.81. The number of likely N-dealkylation sites (N-methyl/N-ethyl adjacent to an activating group) is 2. The van der Waals surface area contributed by atoms with Crippen LogP contribution in [0.25, 0.3) is 0 Å². The summed E-state index contributed by atoms with van der Waals surface area (Å²) in [5.41, 5.74) is -2.80. The summed E-state index contributed by atoms with van der Waals surface area (Å²) >= 11 is 0. The van der Waals surface area contributed by atoms with Crippen LogP contribution in [0.2, 0.25) is 0 Å². The van der Waals surface area contributed by atoms with E-state index in [4.69, 9.17) is 14.2 Å². The molecule has 2 N–H and O–H groups in total. The van der Waals surface area contributed by atoms with Crippen LogP contribution in [0.3, 0.4) is 0 Å². The minimum absolute atomic E-state index is 0.302. The Morgan fingerprint density at radius 3 is 2.04 bits per heavy atom. The van der Waals surface area contributed by atoms with Gasteiger partial charge >= 0.3 is 11.9 Å². The number of fused-ring (bicyclic) bond motifs is 7. The first-order chi connectivity index (χ1) is 26.2. The highest BCUT2D eigenvalue weighted by Crippen LogP contribution is 2.79. The van der Waals surface area contributed by atoms with Gasteiger partial charge in [-0.15, -0.1) is 0 Å². The summed E-state index contributed by atoms with van der Waals surface area (Å²) in [4.78, 5) is 90.2. The Kier molecular flexibility index (Phi) is 7.25. The zero-order valence-electron chi connectivity index (χ0n) is 30.4. The first-order valence-electron chi connectivity index (χ1n) is 17.8. The van der Waals surface area contributed by atoms with Crippen LogP contribution in [0, 0.1) is 5.92 Å². The quantitative estimate of drug-likeness (QED) is 0.341. The van der Waals surface area contributed by atoms with Gasteiger partial charge in [0.25, 0.3) is 29.4 Å². The number of carbonyl (C=O) groups excluding carboxylic acids is 6. The summed E-state index contributed by atoms with van der Waals surface area (Å²) < 4.78 is 19.2. The highest BCUT2D eigenvalue weighted by molar-refractivity contribution is 9.26. The van der Waals surface area contributed by atoms with Crippen LogP contribution in [-0.2, 0) is 53.8 Å². The molecule has 0 unspecified atom stereocenters. The van der Waals surface area contributed by atoms with Crippen LogP contribution < -0.4 is 10.6 Å². The Labute approximate surface area is 330 Å². The molecule has 0 aliphatic carbocycles. The zero-order valence-corrected chi connectivity index (χ0v) is 33.7. The van der Waals surface area contributed by atoms with Gasteiger partial charge in [-0.1, -0.05) is 50.2 Å². The van der Waals surface area contributed by atoms with E-state index >= 15 is 19.2 Å². The first kappa shape index (κ1) is 35.6. The van der Waals surface area contributed by atoms with Crippen LogP contribution in [0.4, 0.5) is 11.4 Å². The van der Waals surface area contributed by atoms with Crippen molar-refractivity contribution in [1.82, 2.24) is 19.6 Å². The summed E-state index contributed by atoms with van der Waals surface area (Å²) in [6, 6.07) is 13.7. The Hall–Kier alpha value is -3.78. The third kappa shape index (κ3) is 3.60. The van der Waals surface area contributed by atoms with Gasteiger partial charge in [0.2, 0.25) is 4.87 Å². The van der Waals surface area contributed by atoms with E-state index in [1.54, 1.807) is 11.9 Å². The lowest BCUT2D eigenvalue weighted by Gasteiger charge is -2.59. The monoisotopic (exact) mass is 824 g/mol. The number of hydrogen-bond donors (Lipinski definition) is 2. The van der Waals surface area contributed by atoms with Crippen molar-refractivity contribution >= 4 is 88.2 Å². The number of nitrogens with one attached hydrogen (secondary N) is 2. The fourth-order valence-electron chi connectivity index (χ4n) is 11.2. The number of para-hydroxylation sites is 2. The molecule has 4 bridgehead atoms. The summed E-state index contributed by atoms with van der Waals surface area (Å²) in [7, 11) is 8.35. The van der Waals surface area contributed by atoms with Gasteiger partial charge in [0.05, 0.1) is 10.8 Å². The average molecular weight is 825 g/mol. The number of esters is 2. The molecule has 0 saturated carbocycles. The van der Waals surface area contributed by atoms with Gasteiger partial charge in [-0.2, -0.15) is 0 Å². The highest BCUT2D eigenvalue weighted by atomic mass is 33.7. The molecular formula is C36H36N6O9S4. The lowest BCUT2D eigenvalue weighted by atomic mass is 9.50. The van der Waals surface area contributed by atoms with Crippen molar-refractivity contribution in [3.05, 3.63) is 59.7 Å². The van der Waals surface area contributed by atoms with Gasteiger partial charge < -0.3 is 34.6 Å². The Morgan fingerprint density at radius 1 is 0.818 bits per heavy atom. The molecule has 9 aliphatic rings. The largest absolute Gasteiger partial charge is 0.463 e. The summed E-state index contributed by atoms with van der Waals surface area (Å²) in [5.74, 6) is -3.70. The topological polar surface area (TPSA) is 167 Å². The van der Waals surface area contributed by atoms with Gasteiger partial charge in [0, 0.05) is 39.3 Å². The zero-order chi connectivity index (χ0) is 38.8. The van der Waals surface area contributed by atoms with Gasteiger partial charge in [-0.25, -0.2) is 0 Å². The molecular weight excluding hydrogens is 789 g/mol. The van der Waals surface area contributed by atoms with Crippen molar-refractivity contribution in [2.45, 2.75) is 84.6 Å². The molecule has 9 aliphatic heterocycles. The molecule has 0 radical (unpaired) electrons. The van der Waals surface area contributed by atoms with Gasteiger partial charge in [-0.05, 0) is 70.4 Å². The molecule has 11 rings (SSSR count). The van der Waals surface area contributed by atoms with E-state index in [2.05, 4.69) is 10.6 Å². The molecule has 288 valence electrons. The van der Waals surface area contributed by atoms with Crippen molar-refractivity contribution < 1.29 is 43.0 Å². The van der Waals surface area contributed by atoms with E-state index in [1.807, 2.05) is 62.4 Å². The number of benzene rings is 2. The van der Waals surface area contributed by atoms with Crippen LogP contribution in [-0.4, -0.2) is 122 Å². The summed E-state index contributed by atoms with van der Waals surface area (Å²) in [5, 5.41) is 7.24. The lowest BCUT2D eigenvalue weighted by molar-refractivity contribution is -0.267. The number of nitrogens with zero attached hydrogens (tertiary/aromatic N) is 4. The molecule has 10 atom stereocenters. The minimum Gasteiger partial charge on any atom is -0.463 e. The molecule has 0 aromatic heterocycles.